The number of β-amino-alcohol motifs (C(OH)–C–C–N with tert-alkyl or cyclic N) is 1. The lowest BCUT2D eigenvalue weighted by Crippen LogP contribution is -2.54. The van der Waals surface area contributed by atoms with E-state index in [-0.39, 0.29) is 11.9 Å². The van der Waals surface area contributed by atoms with Gasteiger partial charge in [0.15, 0.2) is 5.76 Å². The van der Waals surface area contributed by atoms with Crippen LogP contribution in [0.15, 0.2) is 41.2 Å². The third kappa shape index (κ3) is 3.38. The average molecular weight is 366 g/mol. The number of hydrogen-bond donors (Lipinski definition) is 2. The second kappa shape index (κ2) is 7.00. The summed E-state index contributed by atoms with van der Waals surface area (Å²) in [6.07, 6.45) is 4.83. The van der Waals surface area contributed by atoms with Gasteiger partial charge in [0.1, 0.15) is 11.4 Å². The average Bonchev–Trinajstić information content (AvgIpc) is 3.00. The molecular formula is C20H22N4O3. The Morgan fingerprint density at radius 2 is 2.19 bits per heavy atom. The predicted molar refractivity (Wildman–Crippen MR) is 102 cm³/mol. The molecule has 0 spiro atoms. The highest BCUT2D eigenvalue weighted by molar-refractivity contribution is 5.99. The fraction of sp³-hybridized carbons (Fsp3) is 0.350. The van der Waals surface area contributed by atoms with Crippen molar-refractivity contribution in [3.8, 4) is 0 Å². The molecule has 2 atom stereocenters. The molecule has 0 bridgehead atoms. The Hall–Kier alpha value is -2.93. The van der Waals surface area contributed by atoms with Crippen LogP contribution in [-0.2, 0) is 0 Å². The summed E-state index contributed by atoms with van der Waals surface area (Å²) in [6, 6.07) is 5.56. The van der Waals surface area contributed by atoms with Gasteiger partial charge in [-0.3, -0.25) is 9.78 Å². The molecular weight excluding hydrogens is 344 g/mol. The molecule has 0 aliphatic carbocycles. The first-order valence-corrected chi connectivity index (χ1v) is 9.02. The summed E-state index contributed by atoms with van der Waals surface area (Å²) in [7, 11) is 0. The molecule has 27 heavy (non-hydrogen) atoms. The molecule has 7 nitrogen and oxygen atoms in total. The first kappa shape index (κ1) is 17.5. The SMILES string of the molecule is Cc1ccc2c(C)c(C(=O)N[C@@H]3CCN(c4cnccn4)C[C@H]3O)oc2c1. The largest absolute Gasteiger partial charge is 0.451 e. The molecule has 2 aromatic heterocycles. The summed E-state index contributed by atoms with van der Waals surface area (Å²) in [5.41, 5.74) is 2.60. The van der Waals surface area contributed by atoms with Gasteiger partial charge < -0.3 is 19.7 Å². The van der Waals surface area contributed by atoms with Crippen LogP contribution in [0.5, 0.6) is 0 Å². The van der Waals surface area contributed by atoms with Crippen LogP contribution in [0, 0.1) is 13.8 Å². The van der Waals surface area contributed by atoms with E-state index in [2.05, 4.69) is 15.3 Å². The van der Waals surface area contributed by atoms with Crippen molar-refractivity contribution in [3.05, 3.63) is 53.7 Å². The standard InChI is InChI=1S/C20H22N4O3/c1-12-3-4-14-13(2)19(27-17(14)9-12)20(26)23-15-5-8-24(11-16(15)25)18-10-21-6-7-22-18/h3-4,6-7,9-10,15-16,25H,5,8,11H2,1-2H3,(H,23,26)/t15-,16-/m1/s1. The van der Waals surface area contributed by atoms with Crippen LogP contribution in [-0.4, -0.2) is 46.2 Å². The van der Waals surface area contributed by atoms with Gasteiger partial charge in [-0.2, -0.15) is 0 Å². The molecule has 3 aromatic rings. The Kier molecular flexibility index (Phi) is 4.53. The molecule has 1 aromatic carbocycles. The van der Waals surface area contributed by atoms with Gasteiger partial charge in [-0.05, 0) is 31.9 Å². The van der Waals surface area contributed by atoms with Crippen molar-refractivity contribution in [2.75, 3.05) is 18.0 Å². The lowest BCUT2D eigenvalue weighted by atomic mass is 10.0. The summed E-state index contributed by atoms with van der Waals surface area (Å²) in [4.78, 5) is 23.0. The quantitative estimate of drug-likeness (QED) is 0.738. The summed E-state index contributed by atoms with van der Waals surface area (Å²) in [5.74, 6) is 0.738. The van der Waals surface area contributed by atoms with Crippen LogP contribution < -0.4 is 10.2 Å². The van der Waals surface area contributed by atoms with Crippen LogP contribution >= 0.6 is 0 Å². The Balaban J connectivity index is 1.47. The maximum atomic E-state index is 12.7. The number of fused-ring (bicyclic) bond motifs is 1. The molecule has 1 aliphatic rings. The van der Waals surface area contributed by atoms with Gasteiger partial charge in [0.05, 0.1) is 18.3 Å². The normalized spacial score (nSPS) is 20.0. The van der Waals surface area contributed by atoms with E-state index in [4.69, 9.17) is 4.42 Å². The predicted octanol–water partition coefficient (Wildman–Crippen LogP) is 2.21. The van der Waals surface area contributed by atoms with Crippen LogP contribution in [0.1, 0.15) is 28.1 Å². The van der Waals surface area contributed by atoms with Gasteiger partial charge in [-0.25, -0.2) is 4.98 Å². The minimum atomic E-state index is -0.698. The Labute approximate surface area is 157 Å². The molecule has 4 rings (SSSR count). The number of carbonyl (C=O) groups is 1. The van der Waals surface area contributed by atoms with Gasteiger partial charge in [0.25, 0.3) is 5.91 Å². The lowest BCUT2D eigenvalue weighted by Gasteiger charge is -2.36. The zero-order valence-corrected chi connectivity index (χ0v) is 15.3. The minimum absolute atomic E-state index is 0.293. The number of anilines is 1. The van der Waals surface area contributed by atoms with Crippen molar-refractivity contribution < 1.29 is 14.3 Å². The van der Waals surface area contributed by atoms with E-state index in [0.717, 1.165) is 22.3 Å². The second-order valence-corrected chi connectivity index (χ2v) is 7.00. The number of nitrogens with zero attached hydrogens (tertiary/aromatic N) is 3. The molecule has 3 heterocycles. The monoisotopic (exact) mass is 366 g/mol. The van der Waals surface area contributed by atoms with Crippen LogP contribution in [0.2, 0.25) is 0 Å². The van der Waals surface area contributed by atoms with Gasteiger partial charge in [0.2, 0.25) is 0 Å². The van der Waals surface area contributed by atoms with Gasteiger partial charge in [0, 0.05) is 36.4 Å². The van der Waals surface area contributed by atoms with Gasteiger partial charge in [-0.1, -0.05) is 12.1 Å². The Bertz CT molecular complexity index is 970. The Morgan fingerprint density at radius 1 is 1.33 bits per heavy atom. The summed E-state index contributed by atoms with van der Waals surface area (Å²) < 4.78 is 5.79. The highest BCUT2D eigenvalue weighted by atomic mass is 16.3. The van der Waals surface area contributed by atoms with Crippen LogP contribution in [0.3, 0.4) is 0 Å². The van der Waals surface area contributed by atoms with Crippen molar-refractivity contribution in [2.45, 2.75) is 32.4 Å². The molecule has 2 N–H and O–H groups in total. The van der Waals surface area contributed by atoms with Crippen molar-refractivity contribution in [1.82, 2.24) is 15.3 Å². The number of piperidine rings is 1. The molecule has 140 valence electrons. The number of hydrogen-bond acceptors (Lipinski definition) is 6. The van der Waals surface area contributed by atoms with E-state index in [1.165, 1.54) is 0 Å². The van der Waals surface area contributed by atoms with Crippen molar-refractivity contribution in [3.63, 3.8) is 0 Å². The van der Waals surface area contributed by atoms with Gasteiger partial charge >= 0.3 is 0 Å². The maximum Gasteiger partial charge on any atom is 0.287 e. The summed E-state index contributed by atoms with van der Waals surface area (Å²) in [6.45, 7) is 4.93. The highest BCUT2D eigenvalue weighted by Gasteiger charge is 2.31. The number of amides is 1. The van der Waals surface area contributed by atoms with Crippen molar-refractivity contribution >= 4 is 22.7 Å². The number of aromatic nitrogens is 2. The molecule has 0 radical (unpaired) electrons. The Morgan fingerprint density at radius 3 is 2.93 bits per heavy atom. The number of rotatable bonds is 3. The fourth-order valence-electron chi connectivity index (χ4n) is 3.55. The summed E-state index contributed by atoms with van der Waals surface area (Å²) >= 11 is 0. The van der Waals surface area contributed by atoms with E-state index in [1.54, 1.807) is 18.6 Å². The number of nitrogens with one attached hydrogen (secondary N) is 1. The van der Waals surface area contributed by atoms with Gasteiger partial charge in [-0.15, -0.1) is 0 Å². The van der Waals surface area contributed by atoms with E-state index >= 15 is 0 Å². The highest BCUT2D eigenvalue weighted by Crippen LogP contribution is 2.26. The molecule has 1 aliphatic heterocycles. The minimum Gasteiger partial charge on any atom is -0.451 e. The zero-order chi connectivity index (χ0) is 19.0. The van der Waals surface area contributed by atoms with E-state index in [9.17, 15) is 9.90 Å². The molecule has 0 saturated carbocycles. The van der Waals surface area contributed by atoms with E-state index < -0.39 is 6.10 Å². The van der Waals surface area contributed by atoms with E-state index in [1.807, 2.05) is 36.9 Å². The first-order chi connectivity index (χ1) is 13.0. The summed E-state index contributed by atoms with van der Waals surface area (Å²) in [5, 5.41) is 14.4. The number of carbonyl (C=O) groups excluding carboxylic acids is 1. The maximum absolute atomic E-state index is 12.7. The number of aliphatic hydroxyl groups is 1. The topological polar surface area (TPSA) is 91.5 Å². The van der Waals surface area contributed by atoms with Crippen LogP contribution in [0.25, 0.3) is 11.0 Å². The first-order valence-electron chi connectivity index (χ1n) is 9.02. The number of aliphatic hydroxyl groups excluding tert-OH is 1. The van der Waals surface area contributed by atoms with E-state index in [0.29, 0.717) is 30.9 Å². The molecule has 7 heteroatoms. The van der Waals surface area contributed by atoms with Crippen molar-refractivity contribution in [2.24, 2.45) is 0 Å². The molecule has 1 fully saturated rings. The molecule has 1 saturated heterocycles. The fourth-order valence-corrected chi connectivity index (χ4v) is 3.55. The third-order valence-corrected chi connectivity index (χ3v) is 5.07. The number of furan rings is 1. The molecule has 1 amide bonds. The van der Waals surface area contributed by atoms with Crippen molar-refractivity contribution in [1.29, 1.82) is 0 Å². The third-order valence-electron chi connectivity index (χ3n) is 5.07. The smallest absolute Gasteiger partial charge is 0.287 e. The number of aryl methyl sites for hydroxylation is 2. The number of benzene rings is 1. The molecule has 0 unspecified atom stereocenters. The second-order valence-electron chi connectivity index (χ2n) is 7.00. The van der Waals surface area contributed by atoms with Crippen LogP contribution in [0.4, 0.5) is 5.82 Å². The lowest BCUT2D eigenvalue weighted by molar-refractivity contribution is 0.0775. The zero-order valence-electron chi connectivity index (χ0n) is 15.3.